The molecule has 0 bridgehead atoms. The normalized spacial score (nSPS) is 16.2. The summed E-state index contributed by atoms with van der Waals surface area (Å²) in [5, 5.41) is 1.23. The maximum atomic E-state index is 12.4. The van der Waals surface area contributed by atoms with Crippen molar-refractivity contribution >= 4 is 22.0 Å². The zero-order valence-electron chi connectivity index (χ0n) is 13.8. The van der Waals surface area contributed by atoms with Crippen molar-refractivity contribution in [3.05, 3.63) is 77.2 Å². The molecule has 5 nitrogen and oxygen atoms in total. The first-order chi connectivity index (χ1) is 12.1. The minimum Gasteiger partial charge on any atom is -0.336 e. The van der Waals surface area contributed by atoms with E-state index in [1.54, 1.807) is 23.1 Å². The van der Waals surface area contributed by atoms with Gasteiger partial charge in [0.15, 0.2) is 0 Å². The molecule has 1 amide bonds. The molecule has 6 heteroatoms. The lowest BCUT2D eigenvalue weighted by molar-refractivity contribution is 0.0698. The van der Waals surface area contributed by atoms with Gasteiger partial charge < -0.3 is 4.90 Å². The summed E-state index contributed by atoms with van der Waals surface area (Å²) in [7, 11) is -3.48. The van der Waals surface area contributed by atoms with Crippen molar-refractivity contribution in [3.63, 3.8) is 0 Å². The molecule has 0 aromatic heterocycles. The molecule has 130 valence electrons. The molecular weight excluding hydrogens is 336 g/mol. The van der Waals surface area contributed by atoms with Crippen molar-refractivity contribution in [1.29, 1.82) is 0 Å². The Labute approximate surface area is 148 Å². The number of hydrogen-bond donors (Lipinski definition) is 0. The highest BCUT2D eigenvalue weighted by Gasteiger charge is 2.27. The summed E-state index contributed by atoms with van der Waals surface area (Å²) in [5.41, 5.74) is 1.46. The SMILES string of the molecule is O=C(c1ccccc1)N1CCN(S(=O)(=O)C=Cc2ccccc2)CC1. The van der Waals surface area contributed by atoms with Gasteiger partial charge in [0.2, 0.25) is 10.0 Å². The maximum absolute atomic E-state index is 12.4. The van der Waals surface area contributed by atoms with Crippen LogP contribution in [0.25, 0.3) is 6.08 Å². The molecule has 2 aromatic carbocycles. The van der Waals surface area contributed by atoms with Gasteiger partial charge in [0.25, 0.3) is 5.91 Å². The molecule has 2 aromatic rings. The number of carbonyl (C=O) groups excluding carboxylic acids is 1. The molecule has 0 atom stereocenters. The highest BCUT2D eigenvalue weighted by atomic mass is 32.2. The van der Waals surface area contributed by atoms with Crippen LogP contribution in [0, 0.1) is 0 Å². The van der Waals surface area contributed by atoms with Crippen LogP contribution < -0.4 is 0 Å². The fourth-order valence-electron chi connectivity index (χ4n) is 2.72. The van der Waals surface area contributed by atoms with Gasteiger partial charge in [-0.25, -0.2) is 8.42 Å². The van der Waals surface area contributed by atoms with Crippen LogP contribution in [0.1, 0.15) is 15.9 Å². The molecule has 1 saturated heterocycles. The van der Waals surface area contributed by atoms with Crippen LogP contribution in [0.3, 0.4) is 0 Å². The van der Waals surface area contributed by atoms with Crippen molar-refractivity contribution in [2.24, 2.45) is 0 Å². The summed E-state index contributed by atoms with van der Waals surface area (Å²) in [5.74, 6) is -0.0579. The Morgan fingerprint density at radius 2 is 1.40 bits per heavy atom. The van der Waals surface area contributed by atoms with Crippen molar-refractivity contribution in [2.45, 2.75) is 0 Å². The van der Waals surface area contributed by atoms with Gasteiger partial charge in [-0.3, -0.25) is 4.79 Å². The largest absolute Gasteiger partial charge is 0.336 e. The van der Waals surface area contributed by atoms with Gasteiger partial charge in [0, 0.05) is 37.2 Å². The predicted molar refractivity (Wildman–Crippen MR) is 98.3 cm³/mol. The monoisotopic (exact) mass is 356 g/mol. The quantitative estimate of drug-likeness (QED) is 0.845. The fraction of sp³-hybridized carbons (Fsp3) is 0.211. The second-order valence-electron chi connectivity index (χ2n) is 5.82. The van der Waals surface area contributed by atoms with Gasteiger partial charge in [-0.1, -0.05) is 48.5 Å². The van der Waals surface area contributed by atoms with E-state index < -0.39 is 10.0 Å². The number of amides is 1. The predicted octanol–water partition coefficient (Wildman–Crippen LogP) is 2.45. The molecule has 0 aliphatic carbocycles. The lowest BCUT2D eigenvalue weighted by Gasteiger charge is -2.33. The first-order valence-electron chi connectivity index (χ1n) is 8.14. The van der Waals surface area contributed by atoms with Crippen LogP contribution in [0.4, 0.5) is 0 Å². The van der Waals surface area contributed by atoms with E-state index in [9.17, 15) is 13.2 Å². The van der Waals surface area contributed by atoms with Crippen LogP contribution >= 0.6 is 0 Å². The minimum absolute atomic E-state index is 0.0579. The standard InChI is InChI=1S/C19H20N2O3S/c22-19(18-9-5-2-6-10-18)20-12-14-21(15-13-20)25(23,24)16-11-17-7-3-1-4-8-17/h1-11,16H,12-15H2. The maximum Gasteiger partial charge on any atom is 0.253 e. The van der Waals surface area contributed by atoms with Crippen molar-refractivity contribution < 1.29 is 13.2 Å². The lowest BCUT2D eigenvalue weighted by atomic mass is 10.2. The van der Waals surface area contributed by atoms with Crippen LogP contribution in [0.5, 0.6) is 0 Å². The first-order valence-corrected chi connectivity index (χ1v) is 9.64. The van der Waals surface area contributed by atoms with E-state index in [2.05, 4.69) is 0 Å². The summed E-state index contributed by atoms with van der Waals surface area (Å²) in [6.45, 7) is 1.40. The molecule has 0 N–H and O–H groups in total. The van der Waals surface area contributed by atoms with Crippen LogP contribution in [0.15, 0.2) is 66.1 Å². The molecule has 1 heterocycles. The van der Waals surface area contributed by atoms with E-state index in [1.165, 1.54) is 9.71 Å². The Bertz CT molecular complexity index is 841. The molecule has 0 saturated carbocycles. The molecule has 0 spiro atoms. The van der Waals surface area contributed by atoms with E-state index >= 15 is 0 Å². The van der Waals surface area contributed by atoms with Crippen LogP contribution in [-0.2, 0) is 10.0 Å². The van der Waals surface area contributed by atoms with Crippen molar-refractivity contribution in [2.75, 3.05) is 26.2 Å². The highest BCUT2D eigenvalue weighted by Crippen LogP contribution is 2.13. The average Bonchev–Trinajstić information content (AvgIpc) is 2.67. The second-order valence-corrected chi connectivity index (χ2v) is 7.63. The lowest BCUT2D eigenvalue weighted by Crippen LogP contribution is -2.50. The van der Waals surface area contributed by atoms with Crippen molar-refractivity contribution in [1.82, 2.24) is 9.21 Å². The topological polar surface area (TPSA) is 57.7 Å². The highest BCUT2D eigenvalue weighted by molar-refractivity contribution is 7.92. The van der Waals surface area contributed by atoms with Gasteiger partial charge in [-0.2, -0.15) is 4.31 Å². The van der Waals surface area contributed by atoms with E-state index in [1.807, 2.05) is 48.5 Å². The summed E-state index contributed by atoms with van der Waals surface area (Å²) in [6, 6.07) is 18.4. The summed E-state index contributed by atoms with van der Waals surface area (Å²) in [4.78, 5) is 14.1. The van der Waals surface area contributed by atoms with Crippen LogP contribution in [-0.4, -0.2) is 49.7 Å². The van der Waals surface area contributed by atoms with E-state index in [0.29, 0.717) is 31.7 Å². The Balaban J connectivity index is 1.61. The molecule has 25 heavy (non-hydrogen) atoms. The van der Waals surface area contributed by atoms with Gasteiger partial charge in [-0.05, 0) is 23.8 Å². The third-order valence-electron chi connectivity index (χ3n) is 4.14. The number of rotatable bonds is 4. The third-order valence-corrected chi connectivity index (χ3v) is 5.70. The Morgan fingerprint density at radius 3 is 2.00 bits per heavy atom. The molecular formula is C19H20N2O3S. The molecule has 3 rings (SSSR count). The molecule has 1 aliphatic rings. The Hall–Kier alpha value is -2.44. The summed E-state index contributed by atoms with van der Waals surface area (Å²) >= 11 is 0. The smallest absolute Gasteiger partial charge is 0.253 e. The average molecular weight is 356 g/mol. The van der Waals surface area contributed by atoms with E-state index in [4.69, 9.17) is 0 Å². The number of benzene rings is 2. The molecule has 1 fully saturated rings. The number of nitrogens with zero attached hydrogens (tertiary/aromatic N) is 2. The molecule has 0 radical (unpaired) electrons. The number of hydrogen-bond acceptors (Lipinski definition) is 3. The second kappa shape index (κ2) is 7.63. The number of carbonyl (C=O) groups is 1. The number of sulfonamides is 1. The zero-order chi connectivity index (χ0) is 17.7. The zero-order valence-corrected chi connectivity index (χ0v) is 14.6. The Kier molecular flexibility index (Phi) is 5.31. The fourth-order valence-corrected chi connectivity index (χ4v) is 3.90. The van der Waals surface area contributed by atoms with E-state index in [0.717, 1.165) is 5.56 Å². The molecule has 0 unspecified atom stereocenters. The first kappa shape index (κ1) is 17.4. The number of piperazine rings is 1. The van der Waals surface area contributed by atoms with Gasteiger partial charge in [-0.15, -0.1) is 0 Å². The Morgan fingerprint density at radius 1 is 0.840 bits per heavy atom. The molecule has 1 aliphatic heterocycles. The van der Waals surface area contributed by atoms with E-state index in [-0.39, 0.29) is 5.91 Å². The third kappa shape index (κ3) is 4.35. The van der Waals surface area contributed by atoms with Crippen molar-refractivity contribution in [3.8, 4) is 0 Å². The van der Waals surface area contributed by atoms with Gasteiger partial charge in [0.1, 0.15) is 0 Å². The summed E-state index contributed by atoms with van der Waals surface area (Å²) < 4.78 is 26.3. The van der Waals surface area contributed by atoms with Gasteiger partial charge in [0.05, 0.1) is 0 Å². The summed E-state index contributed by atoms with van der Waals surface area (Å²) in [6.07, 6.45) is 1.59. The van der Waals surface area contributed by atoms with Gasteiger partial charge >= 0.3 is 0 Å². The van der Waals surface area contributed by atoms with Crippen LogP contribution in [0.2, 0.25) is 0 Å². The minimum atomic E-state index is -3.48.